The first-order chi connectivity index (χ1) is 16.3. The number of hydrogen-bond donors (Lipinski definition) is 2. The van der Waals surface area contributed by atoms with E-state index in [1.807, 2.05) is 44.2 Å². The molecule has 34 heavy (non-hydrogen) atoms. The van der Waals surface area contributed by atoms with Crippen molar-refractivity contribution in [3.05, 3.63) is 81.6 Å². The molecule has 0 spiro atoms. The molecular weight excluding hydrogens is 450 g/mol. The van der Waals surface area contributed by atoms with Crippen LogP contribution in [0.15, 0.2) is 48.5 Å². The van der Waals surface area contributed by atoms with Crippen LogP contribution >= 0.6 is 11.6 Å². The number of rotatable bonds is 7. The fourth-order valence-corrected chi connectivity index (χ4v) is 4.38. The van der Waals surface area contributed by atoms with Gasteiger partial charge in [-0.2, -0.15) is 5.10 Å². The van der Waals surface area contributed by atoms with Crippen LogP contribution in [0.25, 0.3) is 6.08 Å². The molecule has 0 saturated carbocycles. The number of amides is 2. The summed E-state index contributed by atoms with van der Waals surface area (Å²) in [5.41, 5.74) is 10.9. The standard InChI is InChI=1S/C26H28ClN5O2/c1-17-5-7-19(8-6-17)16-32-25(27)21(18(2)30-32)10-12-24(33)29-22-15-20(26(28)34)9-11-23(22)31-13-3-4-14-31/h5-12,15H,3-4,13-14,16H2,1-2H3,(H2,28,34)(H,29,33)/b12-10+. The van der Waals surface area contributed by atoms with Crippen LogP contribution in [0.1, 0.15) is 45.6 Å². The molecule has 1 saturated heterocycles. The first kappa shape index (κ1) is 23.6. The van der Waals surface area contributed by atoms with Gasteiger partial charge in [-0.15, -0.1) is 0 Å². The summed E-state index contributed by atoms with van der Waals surface area (Å²) in [5, 5.41) is 7.90. The molecule has 1 fully saturated rings. The minimum absolute atomic E-state index is 0.330. The van der Waals surface area contributed by atoms with Crippen molar-refractivity contribution in [3.8, 4) is 0 Å². The summed E-state index contributed by atoms with van der Waals surface area (Å²) in [5.74, 6) is -0.869. The van der Waals surface area contributed by atoms with Crippen molar-refractivity contribution in [2.24, 2.45) is 5.73 Å². The van der Waals surface area contributed by atoms with Gasteiger partial charge in [0, 0.05) is 30.3 Å². The topological polar surface area (TPSA) is 93.2 Å². The van der Waals surface area contributed by atoms with Crippen molar-refractivity contribution < 1.29 is 9.59 Å². The van der Waals surface area contributed by atoms with E-state index in [0.717, 1.165) is 42.9 Å². The number of benzene rings is 2. The zero-order chi connectivity index (χ0) is 24.2. The van der Waals surface area contributed by atoms with Gasteiger partial charge in [0.15, 0.2) is 0 Å². The zero-order valence-electron chi connectivity index (χ0n) is 19.3. The van der Waals surface area contributed by atoms with E-state index in [1.165, 1.54) is 11.6 Å². The van der Waals surface area contributed by atoms with Gasteiger partial charge in [0.1, 0.15) is 5.15 Å². The average Bonchev–Trinajstić information content (AvgIpc) is 3.42. The normalized spacial score (nSPS) is 13.6. The van der Waals surface area contributed by atoms with Crippen LogP contribution in [0.3, 0.4) is 0 Å². The van der Waals surface area contributed by atoms with Crippen LogP contribution < -0.4 is 16.0 Å². The van der Waals surface area contributed by atoms with Crippen LogP contribution in [-0.4, -0.2) is 34.7 Å². The number of nitrogens with one attached hydrogen (secondary N) is 1. The maximum Gasteiger partial charge on any atom is 0.248 e. The van der Waals surface area contributed by atoms with Gasteiger partial charge in [0.05, 0.1) is 23.6 Å². The number of primary amides is 1. The summed E-state index contributed by atoms with van der Waals surface area (Å²) in [7, 11) is 0. The Hall–Kier alpha value is -3.58. The van der Waals surface area contributed by atoms with E-state index in [-0.39, 0.29) is 5.91 Å². The van der Waals surface area contributed by atoms with Crippen LogP contribution in [0.4, 0.5) is 11.4 Å². The first-order valence-electron chi connectivity index (χ1n) is 11.3. The Morgan fingerprint density at radius 2 is 1.82 bits per heavy atom. The number of nitrogens with two attached hydrogens (primary N) is 1. The summed E-state index contributed by atoms with van der Waals surface area (Å²) in [6.45, 7) is 6.25. The Morgan fingerprint density at radius 3 is 2.50 bits per heavy atom. The third-order valence-electron chi connectivity index (χ3n) is 5.95. The molecule has 4 rings (SSSR count). The maximum absolute atomic E-state index is 12.8. The Balaban J connectivity index is 1.52. The molecule has 2 aromatic carbocycles. The third kappa shape index (κ3) is 5.31. The second kappa shape index (κ2) is 10.1. The molecule has 2 amide bonds. The minimum atomic E-state index is -0.539. The van der Waals surface area contributed by atoms with Crippen molar-refractivity contribution in [1.82, 2.24) is 9.78 Å². The minimum Gasteiger partial charge on any atom is -0.370 e. The van der Waals surface area contributed by atoms with Gasteiger partial charge < -0.3 is 16.0 Å². The fourth-order valence-electron chi connectivity index (χ4n) is 4.08. The number of aromatic nitrogens is 2. The van der Waals surface area contributed by atoms with Crippen molar-refractivity contribution in [2.75, 3.05) is 23.3 Å². The summed E-state index contributed by atoms with van der Waals surface area (Å²) in [4.78, 5) is 26.6. The Kier molecular flexibility index (Phi) is 7.03. The van der Waals surface area contributed by atoms with E-state index < -0.39 is 5.91 Å². The molecule has 0 bridgehead atoms. The van der Waals surface area contributed by atoms with Gasteiger partial charge in [-0.05, 0) is 56.5 Å². The van der Waals surface area contributed by atoms with E-state index in [0.29, 0.717) is 28.5 Å². The van der Waals surface area contributed by atoms with Gasteiger partial charge >= 0.3 is 0 Å². The molecule has 2 heterocycles. The molecule has 176 valence electrons. The highest BCUT2D eigenvalue weighted by molar-refractivity contribution is 6.31. The van der Waals surface area contributed by atoms with Crippen molar-refractivity contribution in [2.45, 2.75) is 33.2 Å². The number of carbonyl (C=O) groups excluding carboxylic acids is 2. The van der Waals surface area contributed by atoms with E-state index in [1.54, 1.807) is 22.9 Å². The predicted octanol–water partition coefficient (Wildman–Crippen LogP) is 4.55. The van der Waals surface area contributed by atoms with E-state index >= 15 is 0 Å². The number of carbonyl (C=O) groups is 2. The summed E-state index contributed by atoms with van der Waals surface area (Å²) < 4.78 is 1.72. The average molecular weight is 478 g/mol. The third-order valence-corrected chi connectivity index (χ3v) is 6.35. The highest BCUT2D eigenvalue weighted by Gasteiger charge is 2.18. The monoisotopic (exact) mass is 477 g/mol. The van der Waals surface area contributed by atoms with Gasteiger partial charge in [-0.1, -0.05) is 41.4 Å². The fraction of sp³-hybridized carbons (Fsp3) is 0.269. The molecular formula is C26H28ClN5O2. The Morgan fingerprint density at radius 1 is 1.12 bits per heavy atom. The maximum atomic E-state index is 12.8. The van der Waals surface area contributed by atoms with Crippen LogP contribution in [-0.2, 0) is 11.3 Å². The van der Waals surface area contributed by atoms with Crippen molar-refractivity contribution in [1.29, 1.82) is 0 Å². The van der Waals surface area contributed by atoms with E-state index in [2.05, 4.69) is 15.3 Å². The lowest BCUT2D eigenvalue weighted by Gasteiger charge is -2.21. The highest BCUT2D eigenvalue weighted by Crippen LogP contribution is 2.30. The quantitative estimate of drug-likeness (QED) is 0.488. The summed E-state index contributed by atoms with van der Waals surface area (Å²) in [6, 6.07) is 13.3. The molecule has 1 aliphatic heterocycles. The summed E-state index contributed by atoms with van der Waals surface area (Å²) in [6.07, 6.45) is 5.28. The van der Waals surface area contributed by atoms with E-state index in [9.17, 15) is 9.59 Å². The largest absolute Gasteiger partial charge is 0.370 e. The molecule has 3 N–H and O–H groups in total. The summed E-state index contributed by atoms with van der Waals surface area (Å²) >= 11 is 6.58. The molecule has 8 heteroatoms. The Bertz CT molecular complexity index is 1240. The van der Waals surface area contributed by atoms with Crippen LogP contribution in [0, 0.1) is 13.8 Å². The number of aryl methyl sites for hydroxylation is 2. The molecule has 0 radical (unpaired) electrons. The molecule has 1 aliphatic rings. The SMILES string of the molecule is Cc1ccc(Cn2nc(C)c(/C=C/C(=O)Nc3cc(C(N)=O)ccc3N3CCCC3)c2Cl)cc1. The van der Waals surface area contributed by atoms with Crippen molar-refractivity contribution in [3.63, 3.8) is 0 Å². The van der Waals surface area contributed by atoms with E-state index in [4.69, 9.17) is 17.3 Å². The molecule has 1 aromatic heterocycles. The highest BCUT2D eigenvalue weighted by atomic mass is 35.5. The lowest BCUT2D eigenvalue weighted by atomic mass is 10.1. The van der Waals surface area contributed by atoms with Crippen LogP contribution in [0.5, 0.6) is 0 Å². The lowest BCUT2D eigenvalue weighted by Crippen LogP contribution is -2.21. The zero-order valence-corrected chi connectivity index (χ0v) is 20.1. The number of halogens is 1. The lowest BCUT2D eigenvalue weighted by molar-refractivity contribution is -0.111. The molecule has 0 aliphatic carbocycles. The Labute approximate surface area is 204 Å². The second-order valence-corrected chi connectivity index (χ2v) is 8.90. The first-order valence-corrected chi connectivity index (χ1v) is 11.7. The number of hydrogen-bond acceptors (Lipinski definition) is 4. The smallest absolute Gasteiger partial charge is 0.248 e. The second-order valence-electron chi connectivity index (χ2n) is 8.55. The molecule has 0 atom stereocenters. The molecule has 0 unspecified atom stereocenters. The predicted molar refractivity (Wildman–Crippen MR) is 136 cm³/mol. The van der Waals surface area contributed by atoms with Crippen molar-refractivity contribution >= 4 is 40.9 Å². The van der Waals surface area contributed by atoms with Gasteiger partial charge in [0.25, 0.3) is 0 Å². The van der Waals surface area contributed by atoms with Gasteiger partial charge in [-0.25, -0.2) is 4.68 Å². The number of anilines is 2. The van der Waals surface area contributed by atoms with Gasteiger partial charge in [0.2, 0.25) is 11.8 Å². The number of nitrogens with zero attached hydrogens (tertiary/aromatic N) is 3. The van der Waals surface area contributed by atoms with Crippen LogP contribution in [0.2, 0.25) is 5.15 Å². The molecule has 7 nitrogen and oxygen atoms in total. The van der Waals surface area contributed by atoms with Gasteiger partial charge in [-0.3, -0.25) is 9.59 Å². The molecule has 3 aromatic rings.